The first-order valence-electron chi connectivity index (χ1n) is 20.1. The topological polar surface area (TPSA) is 145 Å². The van der Waals surface area contributed by atoms with E-state index in [1.807, 2.05) is 24.9 Å². The van der Waals surface area contributed by atoms with Crippen molar-refractivity contribution in [2.75, 3.05) is 25.0 Å². The standard InChI is InChI=1S/C42H46F4N8O5/c1-23(2)59-34-18-36-48-30(21-53(36)20-27(34)39(56)49-35-6-4-5-29(47-35)38(43)44)25-9-7-24(8-10-25)19-52-16-15-28(42(45,46)22-52)26-11-12-31-33(17-26)51(3)41(58)54(31)32-13-14-37(55)50-40(32)57/h4-6,11-12,17-18,20-21,23-25,28,32,38H,7-10,13-16,19,22H2,1-3H3,(H,47,49,56)(H,50,55,57)/t24-,25-,28?,32?. The van der Waals surface area contributed by atoms with Crippen LogP contribution in [0, 0.1) is 5.92 Å². The molecule has 2 atom stereocenters. The van der Waals surface area contributed by atoms with E-state index in [-0.39, 0.29) is 61.0 Å². The van der Waals surface area contributed by atoms with Crippen molar-refractivity contribution in [1.29, 1.82) is 0 Å². The molecule has 2 aliphatic heterocycles. The second-order valence-electron chi connectivity index (χ2n) is 16.3. The summed E-state index contributed by atoms with van der Waals surface area (Å²) in [4.78, 5) is 61.5. The third kappa shape index (κ3) is 8.08. The molecule has 1 aromatic carbocycles. The minimum Gasteiger partial charge on any atom is -0.490 e. The normalized spacial score (nSPS) is 22.7. The van der Waals surface area contributed by atoms with Crippen LogP contribution in [0.1, 0.15) is 110 Å². The molecule has 0 radical (unpaired) electrons. The number of alkyl halides is 4. The number of rotatable bonds is 10. The molecule has 3 amide bonds. The van der Waals surface area contributed by atoms with Crippen molar-refractivity contribution in [3.05, 3.63) is 87.9 Å². The Labute approximate surface area is 336 Å². The van der Waals surface area contributed by atoms with Crippen LogP contribution in [0.4, 0.5) is 23.4 Å². The first kappa shape index (κ1) is 40.2. The van der Waals surface area contributed by atoms with Crippen LogP contribution < -0.4 is 21.1 Å². The Bertz CT molecular complexity index is 2490. The number of carbonyl (C=O) groups excluding carboxylic acids is 3. The number of hydrogen-bond acceptors (Lipinski definition) is 8. The highest BCUT2D eigenvalue weighted by Gasteiger charge is 2.46. The highest BCUT2D eigenvalue weighted by molar-refractivity contribution is 6.06. The summed E-state index contributed by atoms with van der Waals surface area (Å²) >= 11 is 0. The largest absolute Gasteiger partial charge is 0.490 e. The lowest BCUT2D eigenvalue weighted by molar-refractivity contribution is -0.135. The van der Waals surface area contributed by atoms with Gasteiger partial charge in [0.05, 0.1) is 40.9 Å². The fourth-order valence-electron chi connectivity index (χ4n) is 8.99. The van der Waals surface area contributed by atoms with Gasteiger partial charge in [-0.15, -0.1) is 0 Å². The van der Waals surface area contributed by atoms with Crippen LogP contribution in [-0.4, -0.2) is 77.8 Å². The number of amides is 3. The Morgan fingerprint density at radius 2 is 1.76 bits per heavy atom. The molecule has 2 saturated heterocycles. The van der Waals surface area contributed by atoms with Crippen molar-refractivity contribution in [2.45, 2.75) is 95.1 Å². The maximum atomic E-state index is 16.0. The number of nitrogens with one attached hydrogen (secondary N) is 2. The molecular formula is C42H46F4N8O5. The molecule has 0 spiro atoms. The van der Waals surface area contributed by atoms with Gasteiger partial charge in [-0.1, -0.05) is 12.1 Å². The van der Waals surface area contributed by atoms with E-state index in [4.69, 9.17) is 9.72 Å². The van der Waals surface area contributed by atoms with Gasteiger partial charge in [-0.3, -0.25) is 33.7 Å². The first-order valence-corrected chi connectivity index (χ1v) is 20.1. The predicted molar refractivity (Wildman–Crippen MR) is 210 cm³/mol. The van der Waals surface area contributed by atoms with Gasteiger partial charge in [0.25, 0.3) is 18.3 Å². The molecule has 1 aliphatic carbocycles. The van der Waals surface area contributed by atoms with Crippen LogP contribution in [0.5, 0.6) is 5.75 Å². The van der Waals surface area contributed by atoms with Gasteiger partial charge in [0, 0.05) is 44.4 Å². The van der Waals surface area contributed by atoms with Gasteiger partial charge in [0.2, 0.25) is 11.8 Å². The summed E-state index contributed by atoms with van der Waals surface area (Å²) in [6, 6.07) is 9.75. The quantitative estimate of drug-likeness (QED) is 0.117. The van der Waals surface area contributed by atoms with E-state index in [2.05, 4.69) is 15.6 Å². The molecule has 4 aromatic heterocycles. The summed E-state index contributed by atoms with van der Waals surface area (Å²) in [5.74, 6) is -4.88. The fourth-order valence-corrected chi connectivity index (χ4v) is 8.99. The summed E-state index contributed by atoms with van der Waals surface area (Å²) in [5.41, 5.74) is 2.11. The summed E-state index contributed by atoms with van der Waals surface area (Å²) < 4.78 is 68.8. The lowest BCUT2D eigenvalue weighted by Crippen LogP contribution is -2.49. The van der Waals surface area contributed by atoms with Crippen LogP contribution in [0.25, 0.3) is 16.7 Å². The smallest absolute Gasteiger partial charge is 0.329 e. The van der Waals surface area contributed by atoms with Gasteiger partial charge in [-0.25, -0.2) is 32.3 Å². The summed E-state index contributed by atoms with van der Waals surface area (Å²) in [7, 11) is 1.56. The minimum atomic E-state index is -3.01. The van der Waals surface area contributed by atoms with Gasteiger partial charge in [-0.2, -0.15) is 0 Å². The maximum Gasteiger partial charge on any atom is 0.329 e. The van der Waals surface area contributed by atoms with Crippen molar-refractivity contribution < 1.29 is 36.7 Å². The monoisotopic (exact) mass is 818 g/mol. The predicted octanol–water partition coefficient (Wildman–Crippen LogP) is 6.74. The average molecular weight is 819 g/mol. The van der Waals surface area contributed by atoms with Gasteiger partial charge in [0.15, 0.2) is 0 Å². The molecule has 3 aliphatic rings. The molecule has 13 nitrogen and oxygen atoms in total. The molecule has 8 rings (SSSR count). The molecule has 0 bridgehead atoms. The third-order valence-electron chi connectivity index (χ3n) is 11.9. The van der Waals surface area contributed by atoms with Crippen molar-refractivity contribution >= 4 is 40.2 Å². The van der Waals surface area contributed by atoms with E-state index in [0.29, 0.717) is 41.1 Å². The first-order chi connectivity index (χ1) is 28.1. The van der Waals surface area contributed by atoms with E-state index in [1.165, 1.54) is 27.3 Å². The number of benzene rings is 1. The van der Waals surface area contributed by atoms with Crippen molar-refractivity contribution in [3.63, 3.8) is 0 Å². The average Bonchev–Trinajstić information content (AvgIpc) is 3.71. The Kier molecular flexibility index (Phi) is 10.8. The van der Waals surface area contributed by atoms with Gasteiger partial charge in [0.1, 0.15) is 29.0 Å². The number of imide groups is 1. The number of halogens is 4. The van der Waals surface area contributed by atoms with E-state index in [0.717, 1.165) is 31.4 Å². The molecule has 1 saturated carbocycles. The third-order valence-corrected chi connectivity index (χ3v) is 11.9. The van der Waals surface area contributed by atoms with Crippen LogP contribution in [0.3, 0.4) is 0 Å². The minimum absolute atomic E-state index is 0.00740. The van der Waals surface area contributed by atoms with Crippen LogP contribution in [0.15, 0.2) is 59.7 Å². The summed E-state index contributed by atoms with van der Waals surface area (Å²) in [6.45, 7) is 4.35. The Morgan fingerprint density at radius 1 is 0.983 bits per heavy atom. The molecular weight excluding hydrogens is 773 g/mol. The van der Waals surface area contributed by atoms with Crippen LogP contribution >= 0.6 is 0 Å². The molecule has 3 fully saturated rings. The molecule has 6 heterocycles. The number of aryl methyl sites for hydroxylation is 1. The Balaban J connectivity index is 0.904. The molecule has 59 heavy (non-hydrogen) atoms. The Hall–Kier alpha value is -5.58. The van der Waals surface area contributed by atoms with Crippen molar-refractivity contribution in [2.24, 2.45) is 13.0 Å². The number of carbonyl (C=O) groups is 3. The molecule has 17 heteroatoms. The van der Waals surface area contributed by atoms with E-state index < -0.39 is 47.5 Å². The number of nitrogens with zero attached hydrogens (tertiary/aromatic N) is 6. The zero-order chi connectivity index (χ0) is 41.7. The van der Waals surface area contributed by atoms with E-state index in [1.54, 1.807) is 41.9 Å². The molecule has 312 valence electrons. The summed E-state index contributed by atoms with van der Waals surface area (Å²) in [5, 5.41) is 4.89. The number of aromatic nitrogens is 5. The van der Waals surface area contributed by atoms with Crippen LogP contribution in [0.2, 0.25) is 0 Å². The molecule has 2 N–H and O–H groups in total. The number of imidazole rings is 2. The van der Waals surface area contributed by atoms with Gasteiger partial charge < -0.3 is 14.5 Å². The highest BCUT2D eigenvalue weighted by atomic mass is 19.3. The van der Waals surface area contributed by atoms with E-state index >= 15 is 8.78 Å². The maximum absolute atomic E-state index is 16.0. The van der Waals surface area contributed by atoms with Gasteiger partial charge >= 0.3 is 5.69 Å². The zero-order valence-corrected chi connectivity index (χ0v) is 33.0. The van der Waals surface area contributed by atoms with Crippen LogP contribution in [-0.2, 0) is 16.6 Å². The summed E-state index contributed by atoms with van der Waals surface area (Å²) in [6.07, 6.45) is 4.35. The van der Waals surface area contributed by atoms with Gasteiger partial charge in [-0.05, 0) is 94.7 Å². The lowest BCUT2D eigenvalue weighted by Gasteiger charge is -2.41. The number of piperidine rings is 2. The second-order valence-corrected chi connectivity index (χ2v) is 16.3. The molecule has 5 aromatic rings. The number of anilines is 1. The van der Waals surface area contributed by atoms with Crippen molar-refractivity contribution in [1.82, 2.24) is 33.7 Å². The van der Waals surface area contributed by atoms with Crippen molar-refractivity contribution in [3.8, 4) is 5.75 Å². The Morgan fingerprint density at radius 3 is 2.47 bits per heavy atom. The van der Waals surface area contributed by atoms with E-state index in [9.17, 15) is 28.0 Å². The number of hydrogen-bond donors (Lipinski definition) is 2. The molecule has 2 unspecified atom stereocenters. The fraction of sp³-hybridized carbons (Fsp3) is 0.476. The number of ether oxygens (including phenoxy) is 1. The lowest BCUT2D eigenvalue weighted by atomic mass is 9.79. The number of likely N-dealkylation sites (tertiary alicyclic amines) is 1. The second kappa shape index (κ2) is 15.9. The highest BCUT2D eigenvalue weighted by Crippen LogP contribution is 2.43. The number of fused-ring (bicyclic) bond motifs is 2. The zero-order valence-electron chi connectivity index (χ0n) is 33.0. The number of pyridine rings is 2. The SMILES string of the molecule is CC(C)Oc1cc2nc([C@H]3CC[C@H](CN4CCC(c5ccc6c(c5)n(C)c(=O)n6C5CCC(=O)NC5=O)C(F)(F)C4)CC3)cn2cc1C(=O)Nc1cccc(C(F)F)n1.